The Morgan fingerprint density at radius 1 is 1.46 bits per heavy atom. The summed E-state index contributed by atoms with van der Waals surface area (Å²) in [5, 5.41) is 10.0. The summed E-state index contributed by atoms with van der Waals surface area (Å²) in [5.74, 6) is -5.27. The van der Waals surface area contributed by atoms with E-state index in [2.05, 4.69) is 0 Å². The van der Waals surface area contributed by atoms with Crippen LogP contribution in [0.25, 0.3) is 0 Å². The van der Waals surface area contributed by atoms with Crippen molar-refractivity contribution in [3.05, 3.63) is 0 Å². The molecule has 0 aliphatic heterocycles. The molecule has 0 amide bonds. The molecule has 2 N–H and O–H groups in total. The van der Waals surface area contributed by atoms with Gasteiger partial charge < -0.3 is 10.4 Å². The van der Waals surface area contributed by atoms with Crippen LogP contribution in [-0.4, -0.2) is 36.5 Å². The zero-order chi connectivity index (χ0) is 10.5. The van der Waals surface area contributed by atoms with Crippen molar-refractivity contribution in [2.24, 2.45) is 0 Å². The minimum Gasteiger partial charge on any atom is -0.481 e. The van der Waals surface area contributed by atoms with Crippen LogP contribution >= 0.6 is 0 Å². The highest BCUT2D eigenvalue weighted by molar-refractivity contribution is 5.66. The lowest BCUT2D eigenvalue weighted by Gasteiger charge is -2.15. The highest BCUT2D eigenvalue weighted by Crippen LogP contribution is 2.21. The summed E-state index contributed by atoms with van der Waals surface area (Å²) in [6.07, 6.45) is -4.11. The van der Waals surface area contributed by atoms with Crippen LogP contribution in [0.15, 0.2) is 0 Å². The van der Waals surface area contributed by atoms with Crippen molar-refractivity contribution in [2.45, 2.75) is 18.8 Å². The van der Waals surface area contributed by atoms with Gasteiger partial charge in [-0.05, 0) is 0 Å². The third-order valence-electron chi connectivity index (χ3n) is 1.20. The molecular weight excluding hydrogens is 194 g/mol. The van der Waals surface area contributed by atoms with E-state index < -0.39 is 24.9 Å². The smallest absolute Gasteiger partial charge is 0.319 e. The molecule has 0 unspecified atom stereocenters. The Bertz CT molecular complexity index is 174. The minimum absolute atomic E-state index is 0.252. The summed E-state index contributed by atoms with van der Waals surface area (Å²) in [5.41, 5.74) is 0. The molecule has 7 heteroatoms. The molecule has 13 heavy (non-hydrogen) atoms. The van der Waals surface area contributed by atoms with Crippen molar-refractivity contribution in [1.29, 1.82) is 0 Å². The Kier molecular flexibility index (Phi) is 4.68. The van der Waals surface area contributed by atoms with Crippen molar-refractivity contribution in [3.8, 4) is 0 Å². The van der Waals surface area contributed by atoms with Crippen LogP contribution in [0, 0.1) is 0 Å². The number of aliphatic carboxylic acids is 1. The van der Waals surface area contributed by atoms with Gasteiger partial charge in [-0.15, -0.1) is 0 Å². The molecule has 0 bridgehead atoms. The molecule has 0 aromatic carbocycles. The summed E-state index contributed by atoms with van der Waals surface area (Å²) in [6.45, 7) is -1.46. The van der Waals surface area contributed by atoms with E-state index in [9.17, 15) is 22.4 Å². The van der Waals surface area contributed by atoms with Crippen LogP contribution < -0.4 is 5.32 Å². The highest BCUT2D eigenvalue weighted by Gasteiger charge is 2.39. The number of carboxylic acid groups (broad SMARTS) is 1. The third kappa shape index (κ3) is 5.40. The monoisotopic (exact) mass is 203 g/mol. The molecule has 0 aromatic heterocycles. The van der Waals surface area contributed by atoms with Crippen LogP contribution in [0.2, 0.25) is 0 Å². The number of hydrogen-bond acceptors (Lipinski definition) is 2. The molecule has 0 rings (SSSR count). The zero-order valence-corrected chi connectivity index (χ0v) is 6.57. The van der Waals surface area contributed by atoms with Gasteiger partial charge in [0.1, 0.15) is 0 Å². The van der Waals surface area contributed by atoms with Gasteiger partial charge in [0.15, 0.2) is 0 Å². The van der Waals surface area contributed by atoms with Crippen LogP contribution in [0.1, 0.15) is 6.42 Å². The molecular formula is C6H9F4NO2. The summed E-state index contributed by atoms with van der Waals surface area (Å²) in [4.78, 5) is 9.88. The van der Waals surface area contributed by atoms with Gasteiger partial charge in [0.05, 0.1) is 13.0 Å². The van der Waals surface area contributed by atoms with Crippen molar-refractivity contribution in [2.75, 3.05) is 13.1 Å². The molecule has 0 fully saturated rings. The number of carboxylic acids is 1. The van der Waals surface area contributed by atoms with Crippen LogP contribution in [-0.2, 0) is 4.79 Å². The van der Waals surface area contributed by atoms with Gasteiger partial charge in [-0.2, -0.15) is 8.78 Å². The quantitative estimate of drug-likeness (QED) is 0.499. The van der Waals surface area contributed by atoms with Crippen molar-refractivity contribution < 1.29 is 27.5 Å². The Balaban J connectivity index is 3.58. The fraction of sp³-hybridized carbons (Fsp3) is 0.833. The molecule has 0 aromatic rings. The first kappa shape index (κ1) is 12.2. The number of hydrogen-bond donors (Lipinski definition) is 2. The van der Waals surface area contributed by atoms with Crippen LogP contribution in [0.5, 0.6) is 0 Å². The normalized spacial score (nSPS) is 12.1. The first-order valence-electron chi connectivity index (χ1n) is 3.45. The van der Waals surface area contributed by atoms with Gasteiger partial charge in [-0.1, -0.05) is 0 Å². The Morgan fingerprint density at radius 2 is 2.00 bits per heavy atom. The van der Waals surface area contributed by atoms with Gasteiger partial charge in [-0.25, -0.2) is 8.78 Å². The van der Waals surface area contributed by atoms with Gasteiger partial charge >= 0.3 is 18.3 Å². The third-order valence-corrected chi connectivity index (χ3v) is 1.20. The molecule has 78 valence electrons. The molecule has 0 saturated carbocycles. The Morgan fingerprint density at radius 3 is 2.38 bits per heavy atom. The largest absolute Gasteiger partial charge is 0.481 e. The number of rotatable bonds is 6. The lowest BCUT2D eigenvalue weighted by Crippen LogP contribution is -2.39. The van der Waals surface area contributed by atoms with Crippen molar-refractivity contribution in [3.63, 3.8) is 0 Å². The van der Waals surface area contributed by atoms with E-state index in [1.807, 2.05) is 5.32 Å². The van der Waals surface area contributed by atoms with Gasteiger partial charge in [0, 0.05) is 6.54 Å². The molecule has 0 aliphatic rings. The van der Waals surface area contributed by atoms with Crippen LogP contribution in [0.3, 0.4) is 0 Å². The summed E-state index contributed by atoms with van der Waals surface area (Å²) in [7, 11) is 0. The average Bonchev–Trinajstić information content (AvgIpc) is 1.97. The topological polar surface area (TPSA) is 49.3 Å². The second-order valence-corrected chi connectivity index (χ2v) is 2.38. The molecule has 0 atom stereocenters. The van der Waals surface area contributed by atoms with E-state index in [1.165, 1.54) is 0 Å². The summed E-state index contributed by atoms with van der Waals surface area (Å²) < 4.78 is 47.2. The second-order valence-electron chi connectivity index (χ2n) is 2.38. The second kappa shape index (κ2) is 5.00. The standard InChI is InChI=1S/C6H9F4NO2/c7-5(8)6(9,10)3-11-2-1-4(12)13/h5,11H,1-3H2,(H,12,13). The Labute approximate surface area is 71.7 Å². The van der Waals surface area contributed by atoms with Gasteiger partial charge in [0.2, 0.25) is 0 Å². The fourth-order valence-electron chi connectivity index (χ4n) is 0.528. The van der Waals surface area contributed by atoms with E-state index in [-0.39, 0.29) is 13.0 Å². The zero-order valence-electron chi connectivity index (χ0n) is 6.57. The predicted molar refractivity (Wildman–Crippen MR) is 36.1 cm³/mol. The minimum atomic E-state index is -4.10. The fourth-order valence-corrected chi connectivity index (χ4v) is 0.528. The molecule has 3 nitrogen and oxygen atoms in total. The predicted octanol–water partition coefficient (Wildman–Crippen LogP) is 0.951. The van der Waals surface area contributed by atoms with Gasteiger partial charge in [-0.3, -0.25) is 4.79 Å². The number of alkyl halides is 4. The lowest BCUT2D eigenvalue weighted by atomic mass is 10.3. The molecule has 0 radical (unpaired) electrons. The van der Waals surface area contributed by atoms with Crippen LogP contribution in [0.4, 0.5) is 17.6 Å². The number of nitrogens with one attached hydrogen (secondary N) is 1. The van der Waals surface area contributed by atoms with E-state index in [1.54, 1.807) is 0 Å². The molecule has 0 heterocycles. The maximum Gasteiger partial charge on any atom is 0.319 e. The summed E-state index contributed by atoms with van der Waals surface area (Å²) in [6, 6.07) is 0. The summed E-state index contributed by atoms with van der Waals surface area (Å²) >= 11 is 0. The first-order valence-corrected chi connectivity index (χ1v) is 3.45. The SMILES string of the molecule is O=C(O)CCNCC(F)(F)C(F)F. The first-order chi connectivity index (χ1) is 5.86. The van der Waals surface area contributed by atoms with Gasteiger partial charge in [0.25, 0.3) is 0 Å². The maximum atomic E-state index is 12.1. The maximum absolute atomic E-state index is 12.1. The highest BCUT2D eigenvalue weighted by atomic mass is 19.3. The van der Waals surface area contributed by atoms with E-state index in [0.717, 1.165) is 0 Å². The molecule has 0 spiro atoms. The van der Waals surface area contributed by atoms with Crippen molar-refractivity contribution >= 4 is 5.97 Å². The average molecular weight is 203 g/mol. The molecule has 0 saturated heterocycles. The number of halogens is 4. The van der Waals surface area contributed by atoms with E-state index >= 15 is 0 Å². The Hall–Kier alpha value is -0.850. The van der Waals surface area contributed by atoms with E-state index in [0.29, 0.717) is 0 Å². The van der Waals surface area contributed by atoms with E-state index in [4.69, 9.17) is 5.11 Å². The number of carbonyl (C=O) groups is 1. The molecule has 0 aliphatic carbocycles. The lowest BCUT2D eigenvalue weighted by molar-refractivity contribution is -0.137. The van der Waals surface area contributed by atoms with Crippen molar-refractivity contribution in [1.82, 2.24) is 5.32 Å².